The third-order valence-electron chi connectivity index (χ3n) is 0. The van der Waals surface area contributed by atoms with Crippen molar-refractivity contribution in [3.8, 4) is 0 Å². The van der Waals surface area contributed by atoms with Crippen LogP contribution in [0, 0.1) is 0 Å². The number of rotatable bonds is 0. The zero-order chi connectivity index (χ0) is 2.71. The molecule has 0 fully saturated rings. The molecule has 1 radical (unpaired) electrons. The van der Waals surface area contributed by atoms with Crippen LogP contribution in [0.1, 0.15) is 0 Å². The molecule has 0 rings (SSSR count). The van der Waals surface area contributed by atoms with E-state index in [-0.39, 0.29) is 44.1 Å². The molecule has 6 heteroatoms. The summed E-state index contributed by atoms with van der Waals surface area (Å²) in [5.74, 6) is 0. The molecule has 0 aromatic heterocycles. The quantitative estimate of drug-likeness (QED) is 0.351. The maximum absolute atomic E-state index is 4.38. The first-order chi connectivity index (χ1) is 1.41. The Morgan fingerprint density at radius 3 is 1.00 bits per heavy atom. The first-order valence-corrected chi connectivity index (χ1v) is 8.19. The molecule has 0 saturated heterocycles. The van der Waals surface area contributed by atoms with Gasteiger partial charge >= 0.3 is 51.6 Å². The monoisotopic (exact) mass is 369 g/mol. The van der Waals surface area contributed by atoms with Gasteiger partial charge < -0.3 is 27.0 Å². The third kappa shape index (κ3) is 32.9. The average Bonchev–Trinajstić information content (AvgIpc) is 0.918. The first kappa shape index (κ1) is 23.8. The van der Waals surface area contributed by atoms with Gasteiger partial charge in [-0.15, -0.1) is 0 Å². The van der Waals surface area contributed by atoms with E-state index in [9.17, 15) is 0 Å². The molecule has 0 bridgehead atoms. The van der Waals surface area contributed by atoms with Crippen LogP contribution in [0.25, 0.3) is 0 Å². The molecular weight excluding hydrogens is 367 g/mol. The summed E-state index contributed by atoms with van der Waals surface area (Å²) in [7, 11) is 8.75. The molecule has 0 amide bonds. The topological polar surface area (TPSA) is 0 Å². The summed E-state index contributed by atoms with van der Waals surface area (Å²) in [6.07, 6.45) is 0. The van der Waals surface area contributed by atoms with E-state index in [2.05, 4.69) is 19.6 Å². The molecule has 0 aliphatic rings. The van der Waals surface area contributed by atoms with Gasteiger partial charge in [-0.1, -0.05) is 0 Å². The molecule has 0 aliphatic carbocycles. The second kappa shape index (κ2) is 26.4. The average molecular weight is 369 g/mol. The Balaban J connectivity index is -0.00000000667. The van der Waals surface area contributed by atoms with Gasteiger partial charge in [0, 0.05) is 0 Å². The second-order valence-corrected chi connectivity index (χ2v) is 5.01. The van der Waals surface area contributed by atoms with E-state index < -0.39 is 14.9 Å². The molecular formula is H2MnS4W. The van der Waals surface area contributed by atoms with Crippen LogP contribution in [0.15, 0.2) is 0 Å². The van der Waals surface area contributed by atoms with Crippen molar-refractivity contribution in [2.75, 3.05) is 0 Å². The van der Waals surface area contributed by atoms with Crippen molar-refractivity contribution in [3.63, 3.8) is 0 Å². The summed E-state index contributed by atoms with van der Waals surface area (Å²) in [5.41, 5.74) is 0. The molecule has 0 aromatic carbocycles. The fourth-order valence-electron chi connectivity index (χ4n) is 0. The van der Waals surface area contributed by atoms with Crippen molar-refractivity contribution in [2.45, 2.75) is 0 Å². The van der Waals surface area contributed by atoms with E-state index in [1.165, 1.54) is 0 Å². The van der Waals surface area contributed by atoms with Crippen LogP contribution >= 0.6 is 19.6 Å². The molecule has 0 saturated carbocycles. The minimum absolute atomic E-state index is 0. The van der Waals surface area contributed by atoms with Crippen molar-refractivity contribution in [1.29, 1.82) is 0 Å². The molecule has 0 unspecified atom stereocenters. The van der Waals surface area contributed by atoms with Crippen LogP contribution < -0.4 is 0 Å². The third-order valence-corrected chi connectivity index (χ3v) is 0. The van der Waals surface area contributed by atoms with Crippen molar-refractivity contribution >= 4 is 46.6 Å². The summed E-state index contributed by atoms with van der Waals surface area (Å²) >= 11 is -0.583. The summed E-state index contributed by atoms with van der Waals surface area (Å²) in [6.45, 7) is 0. The summed E-state index contributed by atoms with van der Waals surface area (Å²) in [4.78, 5) is 0. The van der Waals surface area contributed by atoms with Crippen LogP contribution in [-0.2, 0) is 59.0 Å². The van der Waals surface area contributed by atoms with Crippen molar-refractivity contribution in [3.05, 3.63) is 0 Å². The van der Waals surface area contributed by atoms with Gasteiger partial charge in [-0.05, 0) is 0 Å². The molecule has 0 aliphatic heterocycles. The van der Waals surface area contributed by atoms with Crippen LogP contribution in [0.3, 0.4) is 0 Å². The Kier molecular flexibility index (Phi) is 105. The van der Waals surface area contributed by atoms with E-state index in [0.29, 0.717) is 0 Å². The van der Waals surface area contributed by atoms with E-state index >= 15 is 0 Å². The Morgan fingerprint density at radius 2 is 1.00 bits per heavy atom. The minimum atomic E-state index is -0.583. The standard InChI is InChI=1S/Mn.2H2S.2S.W/h;2*1H2;;;/q+2;;;;;/p-2. The molecule has 0 aromatic rings. The molecule has 6 heavy (non-hydrogen) atoms. The summed E-state index contributed by atoms with van der Waals surface area (Å²) in [5, 5.41) is 0. The molecule has 0 heterocycles. The van der Waals surface area contributed by atoms with Gasteiger partial charge in [-0.25, -0.2) is 0 Å². The second-order valence-electron chi connectivity index (χ2n) is 0.0680. The molecule has 0 atom stereocenters. The van der Waals surface area contributed by atoms with E-state index in [1.807, 2.05) is 0 Å². The van der Waals surface area contributed by atoms with Crippen molar-refractivity contribution < 1.29 is 32.0 Å². The fourth-order valence-corrected chi connectivity index (χ4v) is 0. The SMILES string of the molecule is [Mn+2].[SH-].[SH-].[S]=[W]=[S]. The number of hydrogen-bond acceptors (Lipinski definition) is 4. The molecule has 0 nitrogen and oxygen atoms in total. The summed E-state index contributed by atoms with van der Waals surface area (Å²) in [6, 6.07) is 0. The fraction of sp³-hybridized carbons (Fsp3) is 0. The number of thiol groups is 2. The van der Waals surface area contributed by atoms with E-state index in [0.717, 1.165) is 0 Å². The Morgan fingerprint density at radius 1 is 1.00 bits per heavy atom. The zero-order valence-electron chi connectivity index (χ0n) is 2.50. The van der Waals surface area contributed by atoms with Crippen LogP contribution in [0.4, 0.5) is 0 Å². The van der Waals surface area contributed by atoms with Gasteiger partial charge in [0.25, 0.3) is 0 Å². The van der Waals surface area contributed by atoms with Crippen molar-refractivity contribution in [1.82, 2.24) is 0 Å². The molecule has 0 spiro atoms. The molecule has 39 valence electrons. The van der Waals surface area contributed by atoms with Gasteiger partial charge in [-0.2, -0.15) is 0 Å². The van der Waals surface area contributed by atoms with Gasteiger partial charge in [0.05, 0.1) is 0 Å². The summed E-state index contributed by atoms with van der Waals surface area (Å²) < 4.78 is 0. The van der Waals surface area contributed by atoms with Gasteiger partial charge in [0.1, 0.15) is 0 Å². The molecule has 0 N–H and O–H groups in total. The van der Waals surface area contributed by atoms with Gasteiger partial charge in [0.15, 0.2) is 0 Å². The number of hydrogen-bond donors (Lipinski definition) is 0. The van der Waals surface area contributed by atoms with Gasteiger partial charge in [-0.3, -0.25) is 0 Å². The van der Waals surface area contributed by atoms with Crippen LogP contribution in [0.5, 0.6) is 0 Å². The van der Waals surface area contributed by atoms with Crippen LogP contribution in [0.2, 0.25) is 0 Å². The first-order valence-electron chi connectivity index (χ1n) is 0.333. The zero-order valence-corrected chi connectivity index (χ0v) is 10.0. The predicted molar refractivity (Wildman–Crippen MR) is 32.7 cm³/mol. The maximum atomic E-state index is 4.38. The van der Waals surface area contributed by atoms with Crippen molar-refractivity contribution in [2.24, 2.45) is 0 Å². The van der Waals surface area contributed by atoms with Crippen LogP contribution in [-0.4, -0.2) is 0 Å². The van der Waals surface area contributed by atoms with E-state index in [1.54, 1.807) is 0 Å². The predicted octanol–water partition coefficient (Wildman–Crippen LogP) is 0.751. The van der Waals surface area contributed by atoms with E-state index in [4.69, 9.17) is 0 Å². The Labute approximate surface area is 77.6 Å². The Bertz CT molecular complexity index is 28.5. The normalized spacial score (nSPS) is 2.00. The van der Waals surface area contributed by atoms with Gasteiger partial charge in [0.2, 0.25) is 0 Å². The Hall–Kier alpha value is 2.35.